The van der Waals surface area contributed by atoms with Crippen molar-refractivity contribution in [2.24, 2.45) is 0 Å². The van der Waals surface area contributed by atoms with Gasteiger partial charge in [0.15, 0.2) is 0 Å². The number of aromatic carboxylic acids is 1. The van der Waals surface area contributed by atoms with Gasteiger partial charge in [-0.2, -0.15) is 0 Å². The van der Waals surface area contributed by atoms with Crippen molar-refractivity contribution in [2.45, 2.75) is 13.5 Å². The van der Waals surface area contributed by atoms with Crippen LogP contribution in [0.15, 0.2) is 17.1 Å². The monoisotopic (exact) mass is 336 g/mol. The van der Waals surface area contributed by atoms with Crippen molar-refractivity contribution < 1.29 is 9.90 Å². The van der Waals surface area contributed by atoms with Gasteiger partial charge in [0.1, 0.15) is 17.0 Å². The summed E-state index contributed by atoms with van der Waals surface area (Å²) in [6, 6.07) is 1.53. The molecule has 0 radical (unpaired) electrons. The topological polar surface area (TPSA) is 87.5 Å². The number of aryl methyl sites for hydroxylation is 1. The third-order valence-electron chi connectivity index (χ3n) is 3.97. The Hall–Kier alpha value is -2.12. The van der Waals surface area contributed by atoms with Crippen LogP contribution in [0.2, 0.25) is 5.02 Å². The van der Waals surface area contributed by atoms with Crippen molar-refractivity contribution in [1.29, 1.82) is 0 Å². The zero-order valence-electron chi connectivity index (χ0n) is 12.7. The van der Waals surface area contributed by atoms with Crippen molar-refractivity contribution in [3.05, 3.63) is 33.1 Å². The highest BCUT2D eigenvalue weighted by molar-refractivity contribution is 6.33. The summed E-state index contributed by atoms with van der Waals surface area (Å²) in [5.74, 6) is -0.619. The first-order valence-corrected chi connectivity index (χ1v) is 7.83. The zero-order valence-corrected chi connectivity index (χ0v) is 13.4. The molecule has 23 heavy (non-hydrogen) atoms. The van der Waals surface area contributed by atoms with E-state index in [1.54, 1.807) is 4.57 Å². The summed E-state index contributed by atoms with van der Waals surface area (Å²) in [7, 11) is 0. The minimum absolute atomic E-state index is 0.232. The molecule has 1 aliphatic rings. The zero-order chi connectivity index (χ0) is 16.6. The molecular weight excluding hydrogens is 320 g/mol. The van der Waals surface area contributed by atoms with Gasteiger partial charge in [0.2, 0.25) is 5.43 Å². The SMILES string of the molecule is CCn1cc(C(=O)O)c(=O)c2cc(Cl)c(N3CCNCC3)nc21. The van der Waals surface area contributed by atoms with Crippen LogP contribution in [0.25, 0.3) is 11.0 Å². The van der Waals surface area contributed by atoms with Crippen molar-refractivity contribution in [2.75, 3.05) is 31.1 Å². The van der Waals surface area contributed by atoms with Crippen LogP contribution in [-0.2, 0) is 6.54 Å². The van der Waals surface area contributed by atoms with Crippen LogP contribution in [0.4, 0.5) is 5.82 Å². The van der Waals surface area contributed by atoms with E-state index in [2.05, 4.69) is 15.2 Å². The van der Waals surface area contributed by atoms with E-state index in [1.807, 2.05) is 6.92 Å². The maximum atomic E-state index is 12.4. The molecule has 1 saturated heterocycles. The van der Waals surface area contributed by atoms with Crippen LogP contribution in [0.3, 0.4) is 0 Å². The number of rotatable bonds is 3. The lowest BCUT2D eigenvalue weighted by Gasteiger charge is -2.29. The number of carbonyl (C=O) groups is 1. The first kappa shape index (κ1) is 15.8. The van der Waals surface area contributed by atoms with E-state index in [4.69, 9.17) is 11.6 Å². The quantitative estimate of drug-likeness (QED) is 0.875. The molecule has 0 saturated carbocycles. The average molecular weight is 337 g/mol. The Kier molecular flexibility index (Phi) is 4.23. The number of aromatic nitrogens is 2. The van der Waals surface area contributed by atoms with Gasteiger partial charge in [0.25, 0.3) is 0 Å². The Morgan fingerprint density at radius 3 is 2.74 bits per heavy atom. The Bertz CT molecular complexity index is 828. The second kappa shape index (κ2) is 6.17. The Morgan fingerprint density at radius 2 is 2.13 bits per heavy atom. The molecular formula is C15H17ClN4O3. The van der Waals surface area contributed by atoms with Crippen LogP contribution in [-0.4, -0.2) is 46.8 Å². The lowest BCUT2D eigenvalue weighted by molar-refractivity contribution is 0.0695. The number of halogens is 1. The molecule has 1 fully saturated rings. The summed E-state index contributed by atoms with van der Waals surface area (Å²) < 4.78 is 1.67. The molecule has 0 aromatic carbocycles. The molecule has 1 aliphatic heterocycles. The van der Waals surface area contributed by atoms with Crippen LogP contribution >= 0.6 is 11.6 Å². The fourth-order valence-electron chi connectivity index (χ4n) is 2.77. The first-order valence-electron chi connectivity index (χ1n) is 7.45. The molecule has 0 bridgehead atoms. The molecule has 0 unspecified atom stereocenters. The number of piperazine rings is 1. The predicted molar refractivity (Wildman–Crippen MR) is 88.7 cm³/mol. The molecule has 7 nitrogen and oxygen atoms in total. The number of hydrogen-bond donors (Lipinski definition) is 2. The minimum atomic E-state index is -1.25. The molecule has 0 amide bonds. The predicted octanol–water partition coefficient (Wildman–Crippen LogP) is 1.18. The van der Waals surface area contributed by atoms with Crippen LogP contribution in [0, 0.1) is 0 Å². The number of anilines is 1. The van der Waals surface area contributed by atoms with Gasteiger partial charge in [-0.15, -0.1) is 0 Å². The van der Waals surface area contributed by atoms with Gasteiger partial charge in [-0.3, -0.25) is 4.79 Å². The van der Waals surface area contributed by atoms with Crippen LogP contribution in [0.1, 0.15) is 17.3 Å². The van der Waals surface area contributed by atoms with Gasteiger partial charge in [-0.1, -0.05) is 11.6 Å². The van der Waals surface area contributed by atoms with E-state index in [1.165, 1.54) is 12.3 Å². The van der Waals surface area contributed by atoms with Gasteiger partial charge in [-0.25, -0.2) is 9.78 Å². The third-order valence-corrected chi connectivity index (χ3v) is 4.25. The molecule has 0 aliphatic carbocycles. The van der Waals surface area contributed by atoms with Crippen molar-refractivity contribution >= 4 is 34.4 Å². The second-order valence-corrected chi connectivity index (χ2v) is 5.77. The van der Waals surface area contributed by atoms with E-state index in [0.717, 1.165) is 26.2 Å². The van der Waals surface area contributed by atoms with Crippen molar-refractivity contribution in [1.82, 2.24) is 14.9 Å². The Morgan fingerprint density at radius 1 is 1.43 bits per heavy atom. The number of nitrogens with zero attached hydrogens (tertiary/aromatic N) is 3. The summed E-state index contributed by atoms with van der Waals surface area (Å²) in [5, 5.41) is 13.0. The smallest absolute Gasteiger partial charge is 0.341 e. The standard InChI is InChI=1S/C15H17ClN4O3/c1-2-19-8-10(15(22)23)12(21)9-7-11(16)14(18-13(9)19)20-5-3-17-4-6-20/h7-8,17H,2-6H2,1H3,(H,22,23). The van der Waals surface area contributed by atoms with E-state index < -0.39 is 11.4 Å². The second-order valence-electron chi connectivity index (χ2n) is 5.37. The van der Waals surface area contributed by atoms with Gasteiger partial charge >= 0.3 is 5.97 Å². The summed E-state index contributed by atoms with van der Waals surface area (Å²) in [6.45, 7) is 5.62. The summed E-state index contributed by atoms with van der Waals surface area (Å²) in [4.78, 5) is 30.2. The largest absolute Gasteiger partial charge is 0.477 e. The molecule has 3 rings (SSSR count). The lowest BCUT2D eigenvalue weighted by Crippen LogP contribution is -2.44. The highest BCUT2D eigenvalue weighted by Gasteiger charge is 2.20. The third kappa shape index (κ3) is 2.77. The van der Waals surface area contributed by atoms with Gasteiger partial charge < -0.3 is 19.9 Å². The van der Waals surface area contributed by atoms with Gasteiger partial charge in [0.05, 0.1) is 10.4 Å². The van der Waals surface area contributed by atoms with E-state index in [9.17, 15) is 14.7 Å². The number of carboxylic acids is 1. The molecule has 2 aromatic heterocycles. The summed E-state index contributed by atoms with van der Waals surface area (Å²) >= 11 is 6.32. The van der Waals surface area contributed by atoms with E-state index in [-0.39, 0.29) is 10.9 Å². The highest BCUT2D eigenvalue weighted by atomic mass is 35.5. The maximum Gasteiger partial charge on any atom is 0.341 e. The van der Waals surface area contributed by atoms with Gasteiger partial charge in [-0.05, 0) is 13.0 Å². The summed E-state index contributed by atoms with van der Waals surface area (Å²) in [5.41, 5.74) is -0.369. The minimum Gasteiger partial charge on any atom is -0.477 e. The molecule has 2 aromatic rings. The lowest BCUT2D eigenvalue weighted by atomic mass is 10.2. The average Bonchev–Trinajstić information content (AvgIpc) is 2.55. The van der Waals surface area contributed by atoms with Crippen molar-refractivity contribution in [3.8, 4) is 0 Å². The fourth-order valence-corrected chi connectivity index (χ4v) is 3.04. The molecule has 0 atom stereocenters. The number of carboxylic acid groups (broad SMARTS) is 1. The molecule has 8 heteroatoms. The summed E-state index contributed by atoms with van der Waals surface area (Å²) in [6.07, 6.45) is 1.34. The van der Waals surface area contributed by atoms with Crippen LogP contribution in [0.5, 0.6) is 0 Å². The number of pyridine rings is 2. The Balaban J connectivity index is 2.24. The molecule has 122 valence electrons. The molecule has 3 heterocycles. The van der Waals surface area contributed by atoms with E-state index in [0.29, 0.717) is 23.0 Å². The fraction of sp³-hybridized carbons (Fsp3) is 0.400. The maximum absolute atomic E-state index is 12.4. The highest BCUT2D eigenvalue weighted by Crippen LogP contribution is 2.27. The normalized spacial score (nSPS) is 15.1. The van der Waals surface area contributed by atoms with Crippen molar-refractivity contribution in [3.63, 3.8) is 0 Å². The van der Waals surface area contributed by atoms with Crippen LogP contribution < -0.4 is 15.6 Å². The number of nitrogens with one attached hydrogen (secondary N) is 1. The molecule has 2 N–H and O–H groups in total. The number of hydrogen-bond acceptors (Lipinski definition) is 5. The number of fused-ring (bicyclic) bond motifs is 1. The van der Waals surface area contributed by atoms with E-state index >= 15 is 0 Å². The molecule has 0 spiro atoms. The Labute approximate surface area is 137 Å². The first-order chi connectivity index (χ1) is 11.0. The van der Waals surface area contributed by atoms with Gasteiger partial charge in [0, 0.05) is 38.9 Å².